The number of methoxy groups -OCH3 is 1. The predicted molar refractivity (Wildman–Crippen MR) is 68.9 cm³/mol. The van der Waals surface area contributed by atoms with Gasteiger partial charge in [0.05, 0.1) is 23.8 Å². The summed E-state index contributed by atoms with van der Waals surface area (Å²) in [5, 5.41) is 7.36. The number of hydrogen-bond donors (Lipinski definition) is 1. The first kappa shape index (κ1) is 14.2. The van der Waals surface area contributed by atoms with Crippen molar-refractivity contribution in [3.8, 4) is 0 Å². The number of halogens is 1. The van der Waals surface area contributed by atoms with Crippen LogP contribution < -0.4 is 5.32 Å². The summed E-state index contributed by atoms with van der Waals surface area (Å²) < 4.78 is 7.57. The summed E-state index contributed by atoms with van der Waals surface area (Å²) in [6.45, 7) is 6.09. The van der Waals surface area contributed by atoms with Crippen molar-refractivity contribution in [1.29, 1.82) is 0 Å². The minimum atomic E-state index is -0.780. The number of aryl methyl sites for hydroxylation is 1. The Labute approximate surface area is 110 Å². The third-order valence-electron chi connectivity index (χ3n) is 2.95. The lowest BCUT2D eigenvalue weighted by Crippen LogP contribution is -2.51. The molecule has 0 aliphatic heterocycles. The number of nitrogens with zero attached hydrogens (tertiary/aromatic N) is 2. The summed E-state index contributed by atoms with van der Waals surface area (Å²) in [6.07, 6.45) is 0. The van der Waals surface area contributed by atoms with Gasteiger partial charge < -0.3 is 10.1 Å². The third kappa shape index (κ3) is 2.69. The molecule has 1 rings (SSSR count). The molecule has 0 aromatic carbocycles. The van der Waals surface area contributed by atoms with Crippen LogP contribution in [0, 0.1) is 13.8 Å². The van der Waals surface area contributed by atoms with Crippen molar-refractivity contribution < 1.29 is 9.53 Å². The molecule has 1 unspecified atom stereocenters. The second-order valence-electron chi connectivity index (χ2n) is 4.22. The van der Waals surface area contributed by atoms with Gasteiger partial charge in [-0.3, -0.25) is 4.68 Å². The van der Waals surface area contributed by atoms with Gasteiger partial charge in [0.2, 0.25) is 0 Å². The zero-order valence-corrected chi connectivity index (χ0v) is 12.4. The molecule has 1 heterocycles. The van der Waals surface area contributed by atoms with Gasteiger partial charge in [-0.2, -0.15) is 5.10 Å². The van der Waals surface area contributed by atoms with Crippen LogP contribution in [0.3, 0.4) is 0 Å². The molecule has 17 heavy (non-hydrogen) atoms. The molecule has 0 saturated carbocycles. The number of carbonyl (C=O) groups excluding carboxylic acids is 1. The molecule has 0 fully saturated rings. The van der Waals surface area contributed by atoms with E-state index >= 15 is 0 Å². The van der Waals surface area contributed by atoms with Crippen molar-refractivity contribution >= 4 is 21.9 Å². The molecule has 0 radical (unpaired) electrons. The van der Waals surface area contributed by atoms with Gasteiger partial charge in [0.25, 0.3) is 0 Å². The van der Waals surface area contributed by atoms with Crippen LogP contribution >= 0.6 is 15.9 Å². The number of esters is 1. The molecule has 0 amide bonds. The summed E-state index contributed by atoms with van der Waals surface area (Å²) in [6, 6.07) is 0. The summed E-state index contributed by atoms with van der Waals surface area (Å²) in [7, 11) is 3.12. The Bertz CT molecular complexity index is 431. The van der Waals surface area contributed by atoms with Crippen LogP contribution in [-0.2, 0) is 16.1 Å². The first-order valence-corrected chi connectivity index (χ1v) is 6.12. The van der Waals surface area contributed by atoms with E-state index in [9.17, 15) is 4.79 Å². The maximum absolute atomic E-state index is 11.7. The molecule has 1 aromatic heterocycles. The Kier molecular flexibility index (Phi) is 4.32. The fourth-order valence-corrected chi connectivity index (χ4v) is 1.88. The van der Waals surface area contributed by atoms with Crippen LogP contribution in [0.4, 0.5) is 0 Å². The zero-order chi connectivity index (χ0) is 13.2. The van der Waals surface area contributed by atoms with Gasteiger partial charge in [-0.15, -0.1) is 0 Å². The summed E-state index contributed by atoms with van der Waals surface area (Å²) in [5.74, 6) is -0.302. The van der Waals surface area contributed by atoms with Crippen LogP contribution in [0.25, 0.3) is 0 Å². The van der Waals surface area contributed by atoms with Gasteiger partial charge in [0.1, 0.15) is 5.54 Å². The SMILES string of the molecule is CNC(C)(Cn1nc(C)c(Br)c1C)C(=O)OC. The largest absolute Gasteiger partial charge is 0.468 e. The molecule has 96 valence electrons. The molecular weight excluding hydrogens is 286 g/mol. The monoisotopic (exact) mass is 303 g/mol. The highest BCUT2D eigenvalue weighted by atomic mass is 79.9. The molecular formula is C11H18BrN3O2. The van der Waals surface area contributed by atoms with Gasteiger partial charge >= 0.3 is 5.97 Å². The van der Waals surface area contributed by atoms with Crippen LogP contribution in [0.15, 0.2) is 4.47 Å². The number of likely N-dealkylation sites (N-methyl/N-ethyl adjacent to an activating group) is 1. The second-order valence-corrected chi connectivity index (χ2v) is 5.01. The van der Waals surface area contributed by atoms with E-state index in [1.807, 2.05) is 13.8 Å². The van der Waals surface area contributed by atoms with E-state index in [2.05, 4.69) is 26.3 Å². The van der Waals surface area contributed by atoms with E-state index in [-0.39, 0.29) is 5.97 Å². The van der Waals surface area contributed by atoms with Crippen LogP contribution in [0.2, 0.25) is 0 Å². The van der Waals surface area contributed by atoms with Crippen LogP contribution in [0.1, 0.15) is 18.3 Å². The maximum atomic E-state index is 11.7. The highest BCUT2D eigenvalue weighted by Gasteiger charge is 2.34. The Morgan fingerprint density at radius 3 is 2.53 bits per heavy atom. The van der Waals surface area contributed by atoms with Crippen molar-refractivity contribution in [2.45, 2.75) is 32.9 Å². The van der Waals surface area contributed by atoms with Gasteiger partial charge in [0, 0.05) is 5.69 Å². The molecule has 1 atom stereocenters. The minimum Gasteiger partial charge on any atom is -0.468 e. The lowest BCUT2D eigenvalue weighted by atomic mass is 10.0. The van der Waals surface area contributed by atoms with Gasteiger partial charge in [-0.05, 0) is 43.7 Å². The van der Waals surface area contributed by atoms with E-state index in [4.69, 9.17) is 4.74 Å². The number of hydrogen-bond acceptors (Lipinski definition) is 4. The first-order chi connectivity index (χ1) is 7.85. The number of ether oxygens (including phenoxy) is 1. The number of rotatable bonds is 4. The summed E-state index contributed by atoms with van der Waals surface area (Å²) in [5.41, 5.74) is 1.12. The van der Waals surface area contributed by atoms with Crippen molar-refractivity contribution in [3.63, 3.8) is 0 Å². The second kappa shape index (κ2) is 5.18. The average molecular weight is 304 g/mol. The summed E-state index contributed by atoms with van der Waals surface area (Å²) in [4.78, 5) is 11.7. The molecule has 0 spiro atoms. The molecule has 1 N–H and O–H groups in total. The Morgan fingerprint density at radius 1 is 1.59 bits per heavy atom. The highest BCUT2D eigenvalue weighted by Crippen LogP contribution is 2.21. The van der Waals surface area contributed by atoms with Crippen molar-refractivity contribution in [3.05, 3.63) is 15.9 Å². The van der Waals surface area contributed by atoms with E-state index in [1.165, 1.54) is 7.11 Å². The standard InChI is InChI=1S/C11H18BrN3O2/c1-7-9(12)8(2)15(14-7)6-11(3,13-4)10(16)17-5/h13H,6H2,1-5H3. The van der Waals surface area contributed by atoms with Gasteiger partial charge in [-0.1, -0.05) is 0 Å². The molecule has 0 aliphatic rings. The Hall–Kier alpha value is -0.880. The fraction of sp³-hybridized carbons (Fsp3) is 0.636. The maximum Gasteiger partial charge on any atom is 0.327 e. The normalized spacial score (nSPS) is 14.5. The van der Waals surface area contributed by atoms with E-state index in [0.29, 0.717) is 6.54 Å². The van der Waals surface area contributed by atoms with Crippen LogP contribution in [0.5, 0.6) is 0 Å². The van der Waals surface area contributed by atoms with Crippen molar-refractivity contribution in [2.75, 3.05) is 14.2 Å². The summed E-state index contributed by atoms with van der Waals surface area (Å²) >= 11 is 3.46. The molecule has 0 saturated heterocycles. The van der Waals surface area contributed by atoms with Crippen molar-refractivity contribution in [1.82, 2.24) is 15.1 Å². The number of carbonyl (C=O) groups is 1. The lowest BCUT2D eigenvalue weighted by Gasteiger charge is -2.26. The molecule has 0 bridgehead atoms. The van der Waals surface area contributed by atoms with Gasteiger partial charge in [0.15, 0.2) is 0 Å². The number of nitrogens with one attached hydrogen (secondary N) is 1. The Morgan fingerprint density at radius 2 is 2.18 bits per heavy atom. The van der Waals surface area contributed by atoms with E-state index in [1.54, 1.807) is 18.7 Å². The van der Waals surface area contributed by atoms with Crippen LogP contribution in [-0.4, -0.2) is 35.4 Å². The van der Waals surface area contributed by atoms with Gasteiger partial charge in [-0.25, -0.2) is 4.79 Å². The zero-order valence-electron chi connectivity index (χ0n) is 10.8. The lowest BCUT2D eigenvalue weighted by molar-refractivity contribution is -0.148. The topological polar surface area (TPSA) is 56.2 Å². The molecule has 6 heteroatoms. The fourth-order valence-electron chi connectivity index (χ4n) is 1.60. The predicted octanol–water partition coefficient (Wildman–Crippen LogP) is 1.41. The Balaban J connectivity index is 3.03. The average Bonchev–Trinajstić information content (AvgIpc) is 2.55. The quantitative estimate of drug-likeness (QED) is 0.855. The first-order valence-electron chi connectivity index (χ1n) is 5.32. The van der Waals surface area contributed by atoms with E-state index in [0.717, 1.165) is 15.9 Å². The van der Waals surface area contributed by atoms with E-state index < -0.39 is 5.54 Å². The van der Waals surface area contributed by atoms with Crippen molar-refractivity contribution in [2.24, 2.45) is 0 Å². The molecule has 0 aliphatic carbocycles. The number of aromatic nitrogens is 2. The third-order valence-corrected chi connectivity index (χ3v) is 4.09. The molecule has 1 aromatic rings. The highest BCUT2D eigenvalue weighted by molar-refractivity contribution is 9.10. The minimum absolute atomic E-state index is 0.302. The molecule has 5 nitrogen and oxygen atoms in total. The smallest absolute Gasteiger partial charge is 0.327 e.